The van der Waals surface area contributed by atoms with Crippen molar-refractivity contribution in [2.24, 2.45) is 23.6 Å². The van der Waals surface area contributed by atoms with Crippen molar-refractivity contribution in [1.82, 2.24) is 15.7 Å². The van der Waals surface area contributed by atoms with E-state index in [9.17, 15) is 9.59 Å². The van der Waals surface area contributed by atoms with E-state index in [1.165, 1.54) is 49.5 Å². The number of hydrogen-bond donors (Lipinski definition) is 3. The van der Waals surface area contributed by atoms with Gasteiger partial charge in [0.05, 0.1) is 5.52 Å². The summed E-state index contributed by atoms with van der Waals surface area (Å²) in [7, 11) is 0. The van der Waals surface area contributed by atoms with Gasteiger partial charge in [0, 0.05) is 5.39 Å². The molecule has 0 aliphatic heterocycles. The molecule has 2 aromatic rings. The lowest BCUT2D eigenvalue weighted by molar-refractivity contribution is -0.122. The van der Waals surface area contributed by atoms with Gasteiger partial charge in [0.15, 0.2) is 0 Å². The molecule has 1 heterocycles. The number of nitrogens with one attached hydrogen (secondary N) is 2. The fourth-order valence-electron chi connectivity index (χ4n) is 6.63. The van der Waals surface area contributed by atoms with Crippen LogP contribution in [-0.2, 0) is 10.2 Å². The van der Waals surface area contributed by atoms with Gasteiger partial charge in [-0.15, -0.1) is 0 Å². The maximum absolute atomic E-state index is 12.9. The minimum Gasteiger partial charge on any atom is -0.339 e. The second-order valence-electron chi connectivity index (χ2n) is 9.47. The third kappa shape index (κ3) is 3.10. The average molecular weight is 393 g/mol. The predicted molar refractivity (Wildman–Crippen MR) is 111 cm³/mol. The van der Waals surface area contributed by atoms with Crippen LogP contribution in [0.1, 0.15) is 61.5 Å². The van der Waals surface area contributed by atoms with Gasteiger partial charge in [-0.3, -0.25) is 15.0 Å². The number of rotatable bonds is 4. The molecule has 6 nitrogen and oxygen atoms in total. The van der Waals surface area contributed by atoms with Crippen LogP contribution in [-0.4, -0.2) is 22.8 Å². The lowest BCUT2D eigenvalue weighted by atomic mass is 9.48. The molecule has 29 heavy (non-hydrogen) atoms. The minimum absolute atomic E-state index is 0.159. The van der Waals surface area contributed by atoms with Gasteiger partial charge in [-0.1, -0.05) is 18.2 Å². The number of nitrogens with zero attached hydrogens (tertiary/aromatic N) is 1. The van der Waals surface area contributed by atoms with Crippen molar-refractivity contribution < 1.29 is 9.59 Å². The maximum Gasteiger partial charge on any atom is 0.270 e. The first kappa shape index (κ1) is 18.6. The first-order chi connectivity index (χ1) is 14.0. The molecule has 4 N–H and O–H groups in total. The van der Waals surface area contributed by atoms with Crippen molar-refractivity contribution in [1.29, 1.82) is 0 Å². The summed E-state index contributed by atoms with van der Waals surface area (Å²) >= 11 is 0. The van der Waals surface area contributed by atoms with E-state index in [0.717, 1.165) is 23.3 Å². The molecule has 4 bridgehead atoms. The molecule has 6 rings (SSSR count). The van der Waals surface area contributed by atoms with Crippen molar-refractivity contribution in [3.8, 4) is 0 Å². The van der Waals surface area contributed by atoms with E-state index in [0.29, 0.717) is 5.69 Å². The molecule has 0 spiro atoms. The third-order valence-electron chi connectivity index (χ3n) is 7.44. The summed E-state index contributed by atoms with van der Waals surface area (Å²) in [4.78, 5) is 29.2. The molecule has 152 valence electrons. The Bertz CT molecular complexity index is 951. The van der Waals surface area contributed by atoms with Crippen molar-refractivity contribution in [2.75, 3.05) is 0 Å². The molecule has 0 unspecified atom stereocenters. The fourth-order valence-corrected chi connectivity index (χ4v) is 6.63. The van der Waals surface area contributed by atoms with Crippen LogP contribution in [0.5, 0.6) is 0 Å². The first-order valence-corrected chi connectivity index (χ1v) is 10.7. The Balaban J connectivity index is 1.57. The summed E-state index contributed by atoms with van der Waals surface area (Å²) in [6, 6.07) is 9.42. The maximum atomic E-state index is 12.9. The predicted octanol–water partition coefficient (Wildman–Crippen LogP) is 2.81. The van der Waals surface area contributed by atoms with E-state index in [4.69, 9.17) is 5.84 Å². The zero-order chi connectivity index (χ0) is 20.2. The first-order valence-electron chi connectivity index (χ1n) is 10.7. The number of aromatic nitrogens is 1. The number of carbonyl (C=O) groups excluding carboxylic acids is 2. The third-order valence-corrected chi connectivity index (χ3v) is 7.44. The molecule has 2 amide bonds. The smallest absolute Gasteiger partial charge is 0.270 e. The van der Waals surface area contributed by atoms with Crippen LogP contribution >= 0.6 is 0 Å². The minimum atomic E-state index is -0.719. The molecule has 4 fully saturated rings. The number of fused-ring (bicyclic) bond motifs is 1. The van der Waals surface area contributed by atoms with E-state index in [1.807, 2.05) is 18.2 Å². The average Bonchev–Trinajstić information content (AvgIpc) is 2.71. The SMILES string of the molecule is C[C@H](NC(=O)c1cc(C23CC4CC(CC(C4)C2)C3)c2ccccc2n1)C(=O)NN. The lowest BCUT2D eigenvalue weighted by Crippen LogP contribution is -2.49. The van der Waals surface area contributed by atoms with Gasteiger partial charge >= 0.3 is 0 Å². The van der Waals surface area contributed by atoms with Gasteiger partial charge in [0.1, 0.15) is 11.7 Å². The highest BCUT2D eigenvalue weighted by Gasteiger charge is 2.52. The Morgan fingerprint density at radius 1 is 1.10 bits per heavy atom. The van der Waals surface area contributed by atoms with Gasteiger partial charge in [-0.25, -0.2) is 10.8 Å². The fraction of sp³-hybridized carbons (Fsp3) is 0.522. The Labute approximate surface area is 170 Å². The zero-order valence-electron chi connectivity index (χ0n) is 16.8. The summed E-state index contributed by atoms with van der Waals surface area (Å²) in [5.74, 6) is 6.88. The van der Waals surface area contributed by atoms with E-state index in [-0.39, 0.29) is 11.3 Å². The molecule has 4 aliphatic carbocycles. The summed E-state index contributed by atoms with van der Waals surface area (Å²) in [6.07, 6.45) is 7.80. The molecular formula is C23H28N4O2. The van der Waals surface area contributed by atoms with E-state index < -0.39 is 11.9 Å². The van der Waals surface area contributed by atoms with Crippen molar-refractivity contribution in [3.05, 3.63) is 41.6 Å². The Morgan fingerprint density at radius 3 is 2.34 bits per heavy atom. The number of amides is 2. The molecule has 6 heteroatoms. The molecule has 1 atom stereocenters. The van der Waals surface area contributed by atoms with Crippen LogP contribution in [0.4, 0.5) is 0 Å². The van der Waals surface area contributed by atoms with E-state index >= 15 is 0 Å². The standard InChI is InChI=1S/C23H28N4O2/c1-13(21(28)27-24)25-22(29)20-9-18(17-4-2-3-5-19(17)26-20)23-10-14-6-15(11-23)8-16(7-14)12-23/h2-5,9,13-16H,6-8,10-12,24H2,1H3,(H,25,29)(H,27,28)/t13-,14?,15?,16?,23?/m0/s1. The van der Waals surface area contributed by atoms with Crippen LogP contribution in [0.25, 0.3) is 10.9 Å². The van der Waals surface area contributed by atoms with Crippen LogP contribution in [0.2, 0.25) is 0 Å². The van der Waals surface area contributed by atoms with Crippen LogP contribution in [0.3, 0.4) is 0 Å². The number of hydrazine groups is 1. The van der Waals surface area contributed by atoms with E-state index in [1.54, 1.807) is 6.92 Å². The largest absolute Gasteiger partial charge is 0.339 e. The number of carbonyl (C=O) groups is 2. The topological polar surface area (TPSA) is 97.1 Å². The summed E-state index contributed by atoms with van der Waals surface area (Å²) in [6.45, 7) is 1.61. The summed E-state index contributed by atoms with van der Waals surface area (Å²) in [5, 5.41) is 3.88. The van der Waals surface area contributed by atoms with Gasteiger partial charge in [0.2, 0.25) is 0 Å². The van der Waals surface area contributed by atoms with E-state index in [2.05, 4.69) is 27.9 Å². The van der Waals surface area contributed by atoms with Gasteiger partial charge in [-0.2, -0.15) is 0 Å². The zero-order valence-corrected chi connectivity index (χ0v) is 16.8. The van der Waals surface area contributed by atoms with Gasteiger partial charge in [0.25, 0.3) is 11.8 Å². The summed E-state index contributed by atoms with van der Waals surface area (Å²) < 4.78 is 0. The highest BCUT2D eigenvalue weighted by molar-refractivity contribution is 5.98. The van der Waals surface area contributed by atoms with Gasteiger partial charge in [-0.05, 0) is 86.3 Å². The highest BCUT2D eigenvalue weighted by Crippen LogP contribution is 2.61. The molecule has 0 saturated heterocycles. The number of pyridine rings is 1. The summed E-state index contributed by atoms with van der Waals surface area (Å²) in [5.41, 5.74) is 4.75. The Morgan fingerprint density at radius 2 is 1.72 bits per heavy atom. The van der Waals surface area contributed by atoms with Crippen molar-refractivity contribution in [2.45, 2.75) is 56.9 Å². The number of benzene rings is 1. The molecule has 4 saturated carbocycles. The monoisotopic (exact) mass is 392 g/mol. The Hall–Kier alpha value is -2.47. The van der Waals surface area contributed by atoms with Crippen LogP contribution < -0.4 is 16.6 Å². The Kier molecular flexibility index (Phi) is 4.35. The second-order valence-corrected chi connectivity index (χ2v) is 9.47. The highest BCUT2D eigenvalue weighted by atomic mass is 16.2. The molecule has 4 aliphatic rings. The number of hydrogen-bond acceptors (Lipinski definition) is 4. The number of para-hydroxylation sites is 1. The quantitative estimate of drug-likeness (QED) is 0.423. The number of nitrogens with two attached hydrogens (primary N) is 1. The van der Waals surface area contributed by atoms with Crippen LogP contribution in [0.15, 0.2) is 30.3 Å². The normalized spacial score (nSPS) is 30.9. The van der Waals surface area contributed by atoms with Crippen LogP contribution in [0, 0.1) is 17.8 Å². The molecular weight excluding hydrogens is 364 g/mol. The van der Waals surface area contributed by atoms with Gasteiger partial charge < -0.3 is 5.32 Å². The van der Waals surface area contributed by atoms with Crippen molar-refractivity contribution in [3.63, 3.8) is 0 Å². The molecule has 1 aromatic heterocycles. The molecule has 1 aromatic carbocycles. The lowest BCUT2D eigenvalue weighted by Gasteiger charge is -2.57. The molecule has 0 radical (unpaired) electrons. The van der Waals surface area contributed by atoms with Crippen molar-refractivity contribution >= 4 is 22.7 Å². The second kappa shape index (κ2) is 6.80.